The summed E-state index contributed by atoms with van der Waals surface area (Å²) in [5.41, 5.74) is 18.1. The van der Waals surface area contributed by atoms with E-state index < -0.39 is 0 Å². The van der Waals surface area contributed by atoms with E-state index in [1.807, 2.05) is 0 Å². The van der Waals surface area contributed by atoms with Crippen molar-refractivity contribution in [2.45, 2.75) is 96.9 Å². The lowest BCUT2D eigenvalue weighted by molar-refractivity contribution is -0.226. The van der Waals surface area contributed by atoms with E-state index in [4.69, 9.17) is 31.4 Å². The predicted molar refractivity (Wildman–Crippen MR) is 148 cm³/mol. The lowest BCUT2D eigenvalue weighted by Gasteiger charge is -2.64. The lowest BCUT2D eigenvalue weighted by Crippen LogP contribution is -2.63. The molecule has 4 fully saturated rings. The summed E-state index contributed by atoms with van der Waals surface area (Å²) in [4.78, 5) is 0. The maximum atomic E-state index is 9.52. The largest absolute Gasteiger partial charge is 0.396 e. The highest BCUT2D eigenvalue weighted by atomic mass is 16.5. The van der Waals surface area contributed by atoms with Crippen molar-refractivity contribution in [1.29, 1.82) is 0 Å². The van der Waals surface area contributed by atoms with Gasteiger partial charge in [-0.2, -0.15) is 0 Å². The normalized spacial score (nSPS) is 44.2. The summed E-state index contributed by atoms with van der Waals surface area (Å²) in [5, 5.41) is 9.52. The van der Waals surface area contributed by atoms with Gasteiger partial charge in [-0.15, -0.1) is 0 Å². The average Bonchev–Trinajstić information content (AvgIpc) is 3.26. The Bertz CT molecular complexity index is 712. The summed E-state index contributed by atoms with van der Waals surface area (Å²) >= 11 is 0. The first-order chi connectivity index (χ1) is 17.8. The monoisotopic (exact) mass is 523 g/mol. The summed E-state index contributed by atoms with van der Waals surface area (Å²) in [6.45, 7) is 11.4. The molecule has 0 aromatic carbocycles. The molecule has 37 heavy (non-hydrogen) atoms. The second kappa shape index (κ2) is 12.9. The molecule has 0 aromatic rings. The van der Waals surface area contributed by atoms with Gasteiger partial charge in [0.25, 0.3) is 0 Å². The Kier molecular flexibility index (Phi) is 10.4. The molecule has 4 aliphatic rings. The Labute approximate surface area is 225 Å². The van der Waals surface area contributed by atoms with E-state index in [2.05, 4.69) is 20.8 Å². The van der Waals surface area contributed by atoms with Crippen molar-refractivity contribution in [3.63, 3.8) is 0 Å². The van der Waals surface area contributed by atoms with Gasteiger partial charge in [-0.3, -0.25) is 0 Å². The number of ether oxygens (including phenoxy) is 3. The molecular weight excluding hydrogens is 466 g/mol. The molecule has 0 amide bonds. The van der Waals surface area contributed by atoms with Crippen LogP contribution in [0.15, 0.2) is 0 Å². The minimum absolute atomic E-state index is 0.111. The maximum absolute atomic E-state index is 9.52. The minimum Gasteiger partial charge on any atom is -0.396 e. The Morgan fingerprint density at radius 3 is 2.27 bits per heavy atom. The van der Waals surface area contributed by atoms with Crippen molar-refractivity contribution in [2.75, 3.05) is 46.1 Å². The molecule has 0 aliphatic heterocycles. The highest BCUT2D eigenvalue weighted by Gasteiger charge is 2.66. The van der Waals surface area contributed by atoms with Crippen LogP contribution in [0.5, 0.6) is 0 Å². The van der Waals surface area contributed by atoms with E-state index >= 15 is 0 Å². The predicted octanol–water partition coefficient (Wildman–Crippen LogP) is 3.31. The van der Waals surface area contributed by atoms with Gasteiger partial charge in [-0.25, -0.2) is 0 Å². The van der Waals surface area contributed by atoms with Gasteiger partial charge in [0.05, 0.1) is 38.1 Å². The van der Waals surface area contributed by atoms with Crippen LogP contribution in [0.1, 0.15) is 78.6 Å². The third-order valence-corrected chi connectivity index (χ3v) is 11.6. The quantitative estimate of drug-likeness (QED) is 0.292. The molecule has 0 spiro atoms. The van der Waals surface area contributed by atoms with Crippen molar-refractivity contribution in [1.82, 2.24) is 0 Å². The summed E-state index contributed by atoms with van der Waals surface area (Å²) in [6, 6.07) is 0. The second-order valence-electron chi connectivity index (χ2n) is 13.3. The molecule has 4 saturated carbocycles. The smallest absolute Gasteiger partial charge is 0.0637 e. The van der Waals surface area contributed by atoms with Gasteiger partial charge < -0.3 is 36.5 Å². The van der Waals surface area contributed by atoms with Gasteiger partial charge in [-0.05, 0) is 98.7 Å². The molecule has 4 rings (SSSR count). The molecule has 0 bridgehead atoms. The number of hydrogen-bond donors (Lipinski definition) is 4. The first-order valence-corrected chi connectivity index (χ1v) is 15.4. The molecule has 11 atom stereocenters. The number of hydrogen-bond acceptors (Lipinski definition) is 7. The number of rotatable bonds is 13. The van der Waals surface area contributed by atoms with E-state index in [9.17, 15) is 5.11 Å². The van der Waals surface area contributed by atoms with Crippen molar-refractivity contribution >= 4 is 0 Å². The van der Waals surface area contributed by atoms with E-state index in [0.29, 0.717) is 81.1 Å². The summed E-state index contributed by atoms with van der Waals surface area (Å²) in [5.74, 6) is 3.49. The highest BCUT2D eigenvalue weighted by Crippen LogP contribution is 2.69. The van der Waals surface area contributed by atoms with Crippen LogP contribution in [-0.4, -0.2) is 69.5 Å². The van der Waals surface area contributed by atoms with Gasteiger partial charge >= 0.3 is 0 Å². The summed E-state index contributed by atoms with van der Waals surface area (Å²) in [7, 11) is 0. The number of nitrogens with two attached hydrogens (primary N) is 3. The fraction of sp³-hybridized carbons (Fsp3) is 1.00. The number of aliphatic hydroxyl groups excluding tert-OH is 1. The van der Waals surface area contributed by atoms with Gasteiger partial charge in [-0.1, -0.05) is 20.8 Å². The third kappa shape index (κ3) is 5.66. The van der Waals surface area contributed by atoms with Crippen LogP contribution in [0.3, 0.4) is 0 Å². The molecule has 216 valence electrons. The molecule has 0 heterocycles. The summed E-state index contributed by atoms with van der Waals surface area (Å²) < 4.78 is 19.6. The summed E-state index contributed by atoms with van der Waals surface area (Å²) in [6.07, 6.45) is 10.9. The zero-order chi connectivity index (χ0) is 26.6. The molecule has 0 radical (unpaired) electrons. The first-order valence-electron chi connectivity index (χ1n) is 15.4. The van der Waals surface area contributed by atoms with Crippen molar-refractivity contribution in [3.05, 3.63) is 0 Å². The maximum Gasteiger partial charge on any atom is 0.0637 e. The van der Waals surface area contributed by atoms with Gasteiger partial charge in [0, 0.05) is 31.7 Å². The van der Waals surface area contributed by atoms with Gasteiger partial charge in [0.1, 0.15) is 0 Å². The van der Waals surface area contributed by atoms with E-state index in [-0.39, 0.29) is 29.6 Å². The number of aliphatic hydroxyl groups is 1. The van der Waals surface area contributed by atoms with Gasteiger partial charge in [0.15, 0.2) is 0 Å². The number of fused-ring (bicyclic) bond motifs is 5. The average molecular weight is 524 g/mol. The molecule has 4 unspecified atom stereocenters. The molecule has 0 aromatic heterocycles. The molecule has 7 nitrogen and oxygen atoms in total. The Morgan fingerprint density at radius 2 is 1.57 bits per heavy atom. The topological polar surface area (TPSA) is 126 Å². The first kappa shape index (κ1) is 29.7. The fourth-order valence-corrected chi connectivity index (χ4v) is 9.92. The minimum atomic E-state index is 0.111. The van der Waals surface area contributed by atoms with Crippen LogP contribution in [0.25, 0.3) is 0 Å². The lowest BCUT2D eigenvalue weighted by atomic mass is 9.43. The van der Waals surface area contributed by atoms with Gasteiger partial charge in [0.2, 0.25) is 0 Å². The zero-order valence-electron chi connectivity index (χ0n) is 23.9. The zero-order valence-corrected chi connectivity index (χ0v) is 23.9. The van der Waals surface area contributed by atoms with Crippen LogP contribution in [0.2, 0.25) is 0 Å². The van der Waals surface area contributed by atoms with Crippen molar-refractivity contribution in [3.8, 4) is 0 Å². The molecule has 7 N–H and O–H groups in total. The molecule has 0 saturated heterocycles. The van der Waals surface area contributed by atoms with Crippen LogP contribution >= 0.6 is 0 Å². The standard InChI is InChI=1S/C30H57N3O4/c1-20(5-4-13-34)23-6-7-24-28-25(19-27(30(23,24)3)37-16-12-33)29(2)9-8-22(35-14-10-31)17-21(29)18-26(28)36-15-11-32/h20-28,34H,4-19,31-33H2,1-3H3/t20-,21?,22-,23-,24+,25+,26-,27+,28?,29?,30?/m1/s1. The van der Waals surface area contributed by atoms with Crippen LogP contribution in [-0.2, 0) is 14.2 Å². The molecule has 4 aliphatic carbocycles. The van der Waals surface area contributed by atoms with Crippen molar-refractivity contribution in [2.24, 2.45) is 63.5 Å². The third-order valence-electron chi connectivity index (χ3n) is 11.6. The van der Waals surface area contributed by atoms with Crippen LogP contribution < -0.4 is 17.2 Å². The van der Waals surface area contributed by atoms with E-state index in [1.165, 1.54) is 19.3 Å². The van der Waals surface area contributed by atoms with E-state index in [0.717, 1.165) is 38.5 Å². The Hall–Kier alpha value is -0.280. The second-order valence-corrected chi connectivity index (χ2v) is 13.3. The van der Waals surface area contributed by atoms with Crippen LogP contribution in [0, 0.1) is 46.3 Å². The molecule has 7 heteroatoms. The van der Waals surface area contributed by atoms with Crippen LogP contribution in [0.4, 0.5) is 0 Å². The molecular formula is C30H57N3O4. The highest BCUT2D eigenvalue weighted by molar-refractivity contribution is 5.15. The fourth-order valence-electron chi connectivity index (χ4n) is 9.92. The Balaban J connectivity index is 1.66. The SMILES string of the molecule is C[C@H](CCCO)[C@H]1CC[C@H]2C3[C@H](OCCN)CC4C[C@H](OCCN)CCC4(C)[C@H]3C[C@H](OCCN)C12C. The van der Waals surface area contributed by atoms with E-state index in [1.54, 1.807) is 0 Å². The Morgan fingerprint density at radius 1 is 0.865 bits per heavy atom. The van der Waals surface area contributed by atoms with Crippen molar-refractivity contribution < 1.29 is 19.3 Å².